The smallest absolute Gasteiger partial charge is 0.306 e. The Morgan fingerprint density at radius 2 is 1.87 bits per heavy atom. The van der Waals surface area contributed by atoms with Crippen LogP contribution in [0.1, 0.15) is 57.1 Å². The normalized spacial score (nSPS) is 16.6. The molecule has 2 rings (SSSR count). The Morgan fingerprint density at radius 1 is 1.22 bits per heavy atom. The Morgan fingerprint density at radius 3 is 2.52 bits per heavy atom. The number of rotatable bonds is 6. The number of hydrogen-bond acceptors (Lipinski definition) is 3. The van der Waals surface area contributed by atoms with Crippen molar-refractivity contribution in [3.05, 3.63) is 35.6 Å². The molecule has 1 unspecified atom stereocenters. The lowest BCUT2D eigenvalue weighted by Crippen LogP contribution is -2.31. The molecule has 1 aliphatic rings. The number of hydrogen-bond donors (Lipinski definition) is 1. The molecule has 1 saturated carbocycles. The monoisotopic (exact) mass is 321 g/mol. The fourth-order valence-corrected chi connectivity index (χ4v) is 2.95. The number of esters is 1. The zero-order valence-electron chi connectivity index (χ0n) is 13.5. The first-order valence-electron chi connectivity index (χ1n) is 8.25. The van der Waals surface area contributed by atoms with E-state index in [2.05, 4.69) is 5.32 Å². The van der Waals surface area contributed by atoms with Crippen LogP contribution in [-0.2, 0) is 14.3 Å². The van der Waals surface area contributed by atoms with Crippen LogP contribution in [0.25, 0.3) is 0 Å². The van der Waals surface area contributed by atoms with Crippen molar-refractivity contribution in [2.24, 2.45) is 5.92 Å². The summed E-state index contributed by atoms with van der Waals surface area (Å²) in [5.41, 5.74) is 0.799. The molecule has 1 N–H and O–H groups in total. The van der Waals surface area contributed by atoms with Gasteiger partial charge in [0.25, 0.3) is 5.91 Å². The predicted molar refractivity (Wildman–Crippen MR) is 85.1 cm³/mol. The van der Waals surface area contributed by atoms with E-state index in [1.807, 2.05) is 0 Å². The van der Waals surface area contributed by atoms with Gasteiger partial charge in [-0.25, -0.2) is 4.39 Å². The number of halogens is 1. The fraction of sp³-hybridized carbons (Fsp3) is 0.556. The highest BCUT2D eigenvalue weighted by molar-refractivity contribution is 5.80. The zero-order valence-corrected chi connectivity index (χ0v) is 13.5. The Kier molecular flexibility index (Phi) is 6.56. The second kappa shape index (κ2) is 8.65. The van der Waals surface area contributed by atoms with Gasteiger partial charge in [0, 0.05) is 6.42 Å². The molecule has 1 aliphatic carbocycles. The van der Waals surface area contributed by atoms with E-state index in [-0.39, 0.29) is 30.3 Å². The highest BCUT2D eigenvalue weighted by Crippen LogP contribution is 2.26. The van der Waals surface area contributed by atoms with E-state index < -0.39 is 0 Å². The average molecular weight is 321 g/mol. The molecule has 0 radical (unpaired) electrons. The summed E-state index contributed by atoms with van der Waals surface area (Å²) in [6.45, 7) is 1.53. The third-order valence-corrected chi connectivity index (χ3v) is 4.29. The zero-order chi connectivity index (χ0) is 16.7. The molecule has 1 atom stereocenters. The molecule has 4 nitrogen and oxygen atoms in total. The van der Waals surface area contributed by atoms with Crippen LogP contribution < -0.4 is 5.32 Å². The maximum atomic E-state index is 12.9. The van der Waals surface area contributed by atoms with Crippen molar-refractivity contribution < 1.29 is 18.7 Å². The van der Waals surface area contributed by atoms with Crippen molar-refractivity contribution in [1.29, 1.82) is 0 Å². The minimum absolute atomic E-state index is 0.264. The van der Waals surface area contributed by atoms with E-state index in [0.29, 0.717) is 12.3 Å². The Hall–Kier alpha value is -1.91. The van der Waals surface area contributed by atoms with Crippen molar-refractivity contribution in [1.82, 2.24) is 5.32 Å². The molecule has 1 aromatic carbocycles. The van der Waals surface area contributed by atoms with Gasteiger partial charge in [-0.1, -0.05) is 31.4 Å². The van der Waals surface area contributed by atoms with Gasteiger partial charge in [0.1, 0.15) is 5.82 Å². The molecule has 1 fully saturated rings. The van der Waals surface area contributed by atoms with Crippen LogP contribution in [0, 0.1) is 11.7 Å². The van der Waals surface area contributed by atoms with Crippen molar-refractivity contribution in [2.75, 3.05) is 6.61 Å². The largest absolute Gasteiger partial charge is 0.456 e. The Labute approximate surface area is 136 Å². The highest BCUT2D eigenvalue weighted by Gasteiger charge is 2.19. The summed E-state index contributed by atoms with van der Waals surface area (Å²) in [5, 5.41) is 2.74. The molecule has 0 aromatic heterocycles. The lowest BCUT2D eigenvalue weighted by Gasteiger charge is -2.20. The summed E-state index contributed by atoms with van der Waals surface area (Å²) >= 11 is 0. The number of carbonyl (C=O) groups excluding carboxylic acids is 2. The number of carbonyl (C=O) groups is 2. The molecule has 0 bridgehead atoms. The van der Waals surface area contributed by atoms with Crippen molar-refractivity contribution >= 4 is 11.9 Å². The number of amides is 1. The maximum absolute atomic E-state index is 12.9. The van der Waals surface area contributed by atoms with Crippen LogP contribution in [0.5, 0.6) is 0 Å². The van der Waals surface area contributed by atoms with Gasteiger partial charge in [-0.2, -0.15) is 0 Å². The fourth-order valence-electron chi connectivity index (χ4n) is 2.95. The molecule has 0 heterocycles. The lowest BCUT2D eigenvalue weighted by atomic mass is 9.87. The molecule has 23 heavy (non-hydrogen) atoms. The van der Waals surface area contributed by atoms with Gasteiger partial charge in [0.15, 0.2) is 6.61 Å². The third-order valence-electron chi connectivity index (χ3n) is 4.29. The number of benzene rings is 1. The summed E-state index contributed by atoms with van der Waals surface area (Å²) in [6.07, 6.45) is 6.14. The van der Waals surface area contributed by atoms with Crippen LogP contribution in [0.15, 0.2) is 24.3 Å². The number of nitrogens with one attached hydrogen (secondary N) is 1. The van der Waals surface area contributed by atoms with E-state index in [4.69, 9.17) is 4.74 Å². The topological polar surface area (TPSA) is 55.4 Å². The molecule has 126 valence electrons. The highest BCUT2D eigenvalue weighted by atomic mass is 19.1. The minimum atomic E-state index is -0.348. The Bertz CT molecular complexity index is 524. The van der Waals surface area contributed by atoms with E-state index in [1.165, 1.54) is 31.4 Å². The van der Waals surface area contributed by atoms with Crippen molar-refractivity contribution in [3.8, 4) is 0 Å². The average Bonchev–Trinajstić information content (AvgIpc) is 2.54. The van der Waals surface area contributed by atoms with Gasteiger partial charge in [-0.3, -0.25) is 9.59 Å². The van der Waals surface area contributed by atoms with Crippen LogP contribution in [0.3, 0.4) is 0 Å². The van der Waals surface area contributed by atoms with Gasteiger partial charge < -0.3 is 10.1 Å². The first kappa shape index (κ1) is 17.4. The summed E-state index contributed by atoms with van der Waals surface area (Å²) in [4.78, 5) is 23.6. The van der Waals surface area contributed by atoms with Crippen LogP contribution in [0.2, 0.25) is 0 Å². The third kappa shape index (κ3) is 6.00. The molecular weight excluding hydrogens is 297 g/mol. The standard InChI is InChI=1S/C18H24FNO3/c1-13(15-7-9-16(19)10-8-15)20-17(21)12-23-18(22)11-14-5-3-2-4-6-14/h7-10,13-14H,2-6,11-12H2,1H3,(H,20,21). The summed E-state index contributed by atoms with van der Waals surface area (Å²) < 4.78 is 17.9. The van der Waals surface area contributed by atoms with Crippen molar-refractivity contribution in [2.45, 2.75) is 51.5 Å². The molecule has 0 aliphatic heterocycles. The predicted octanol–water partition coefficient (Wildman–Crippen LogP) is 3.52. The molecule has 0 spiro atoms. The summed E-state index contributed by atoms with van der Waals surface area (Å²) in [7, 11) is 0. The summed E-state index contributed by atoms with van der Waals surface area (Å²) in [6, 6.07) is 5.68. The SMILES string of the molecule is CC(NC(=O)COC(=O)CC1CCCCC1)c1ccc(F)cc1. The first-order valence-corrected chi connectivity index (χ1v) is 8.25. The molecule has 1 aromatic rings. The van der Waals surface area contributed by atoms with Crippen LogP contribution in [0.4, 0.5) is 4.39 Å². The lowest BCUT2D eigenvalue weighted by molar-refractivity contribution is -0.149. The van der Waals surface area contributed by atoms with E-state index >= 15 is 0 Å². The first-order chi connectivity index (χ1) is 11.0. The van der Waals surface area contributed by atoms with Gasteiger partial charge in [0.05, 0.1) is 6.04 Å². The second-order valence-corrected chi connectivity index (χ2v) is 6.21. The second-order valence-electron chi connectivity index (χ2n) is 6.21. The van der Waals surface area contributed by atoms with E-state index in [0.717, 1.165) is 18.4 Å². The van der Waals surface area contributed by atoms with Gasteiger partial charge >= 0.3 is 5.97 Å². The van der Waals surface area contributed by atoms with Crippen LogP contribution in [-0.4, -0.2) is 18.5 Å². The molecule has 0 saturated heterocycles. The van der Waals surface area contributed by atoms with Crippen LogP contribution >= 0.6 is 0 Å². The van der Waals surface area contributed by atoms with E-state index in [1.54, 1.807) is 19.1 Å². The molecule has 5 heteroatoms. The number of ether oxygens (including phenoxy) is 1. The van der Waals surface area contributed by atoms with Gasteiger partial charge in [-0.05, 0) is 43.4 Å². The van der Waals surface area contributed by atoms with Crippen molar-refractivity contribution in [3.63, 3.8) is 0 Å². The Balaban J connectivity index is 1.69. The maximum Gasteiger partial charge on any atom is 0.306 e. The quantitative estimate of drug-likeness (QED) is 0.816. The summed E-state index contributed by atoms with van der Waals surface area (Å²) in [5.74, 6) is -0.568. The van der Waals surface area contributed by atoms with E-state index in [9.17, 15) is 14.0 Å². The molecular formula is C18H24FNO3. The van der Waals surface area contributed by atoms with Gasteiger partial charge in [0.2, 0.25) is 0 Å². The minimum Gasteiger partial charge on any atom is -0.456 e. The molecule has 1 amide bonds. The van der Waals surface area contributed by atoms with Gasteiger partial charge in [-0.15, -0.1) is 0 Å².